The van der Waals surface area contributed by atoms with Crippen molar-refractivity contribution >= 4 is 34.0 Å². The van der Waals surface area contributed by atoms with Gasteiger partial charge in [-0.25, -0.2) is 4.39 Å². The van der Waals surface area contributed by atoms with Gasteiger partial charge < -0.3 is 15.4 Å². The fourth-order valence-corrected chi connectivity index (χ4v) is 7.56. The van der Waals surface area contributed by atoms with Crippen molar-refractivity contribution in [1.29, 1.82) is 0 Å². The fraction of sp³-hybridized carbons (Fsp3) is 0.412. The van der Waals surface area contributed by atoms with Gasteiger partial charge >= 0.3 is 6.01 Å². The van der Waals surface area contributed by atoms with Crippen molar-refractivity contribution in [3.8, 4) is 28.3 Å². The average molecular weight is 586 g/mol. The lowest BCUT2D eigenvalue weighted by atomic mass is 9.93. The highest BCUT2D eigenvalue weighted by Crippen LogP contribution is 2.43. The molecule has 0 atom stereocenters. The third kappa shape index (κ3) is 4.96. The van der Waals surface area contributed by atoms with Crippen LogP contribution in [0, 0.1) is 5.82 Å². The largest absolute Gasteiger partial charge is 0.461 e. The van der Waals surface area contributed by atoms with Crippen molar-refractivity contribution in [3.63, 3.8) is 0 Å². The summed E-state index contributed by atoms with van der Waals surface area (Å²) in [7, 11) is 0. The molecule has 0 amide bonds. The van der Waals surface area contributed by atoms with Gasteiger partial charge in [-0.1, -0.05) is 60.8 Å². The molecule has 0 spiro atoms. The van der Waals surface area contributed by atoms with E-state index in [1.54, 1.807) is 0 Å². The molecule has 0 radical (unpaired) electrons. The van der Waals surface area contributed by atoms with Gasteiger partial charge in [0.15, 0.2) is 5.82 Å². The van der Waals surface area contributed by atoms with E-state index >= 15 is 4.39 Å². The average Bonchev–Trinajstić information content (AvgIpc) is 3.46. The van der Waals surface area contributed by atoms with Gasteiger partial charge in [0.2, 0.25) is 0 Å². The van der Waals surface area contributed by atoms with E-state index in [9.17, 15) is 0 Å². The van der Waals surface area contributed by atoms with Crippen molar-refractivity contribution < 1.29 is 9.13 Å². The molecule has 3 aromatic carbocycles. The number of fused-ring (bicyclic) bond motifs is 2. The lowest BCUT2D eigenvalue weighted by molar-refractivity contribution is 0.108. The van der Waals surface area contributed by atoms with E-state index in [0.717, 1.165) is 63.0 Å². The summed E-state index contributed by atoms with van der Waals surface area (Å²) < 4.78 is 23.3. The molecular formula is C34H37ClFN5O. The number of ether oxygens (including phenoxy) is 1. The Balaban J connectivity index is 1.36. The van der Waals surface area contributed by atoms with Crippen LogP contribution in [0.25, 0.3) is 33.2 Å². The summed E-state index contributed by atoms with van der Waals surface area (Å²) in [4.78, 5) is 14.5. The molecule has 0 aliphatic carbocycles. The molecule has 0 unspecified atom stereocenters. The zero-order valence-corrected chi connectivity index (χ0v) is 24.7. The summed E-state index contributed by atoms with van der Waals surface area (Å²) in [5.74, 6) is 0.258. The Bertz CT molecular complexity index is 1590. The van der Waals surface area contributed by atoms with E-state index in [0.29, 0.717) is 39.6 Å². The quantitative estimate of drug-likeness (QED) is 0.234. The number of hydrogen-bond acceptors (Lipinski definition) is 6. The molecule has 1 aromatic heterocycles. The van der Waals surface area contributed by atoms with Crippen LogP contribution in [0.4, 0.5) is 15.9 Å². The molecule has 4 heterocycles. The summed E-state index contributed by atoms with van der Waals surface area (Å²) in [5.41, 5.74) is 9.75. The van der Waals surface area contributed by atoms with E-state index in [2.05, 4.69) is 9.80 Å². The SMILES string of the molecule is Nc1ccc(-c2ccccc2-c2c(Cl)cc3c(N4CCCCCC4)nc(OCC45CCCN4CCC5)nc3c2F)cc1. The van der Waals surface area contributed by atoms with Crippen molar-refractivity contribution in [2.75, 3.05) is 43.4 Å². The lowest BCUT2D eigenvalue weighted by Crippen LogP contribution is -2.43. The predicted octanol–water partition coefficient (Wildman–Crippen LogP) is 7.73. The Hall–Kier alpha value is -3.42. The first-order valence-corrected chi connectivity index (χ1v) is 15.7. The molecule has 3 saturated heterocycles. The van der Waals surface area contributed by atoms with E-state index in [-0.39, 0.29) is 17.1 Å². The molecule has 2 N–H and O–H groups in total. The Morgan fingerprint density at radius 3 is 2.26 bits per heavy atom. The van der Waals surface area contributed by atoms with Gasteiger partial charge in [0.25, 0.3) is 0 Å². The van der Waals surface area contributed by atoms with Gasteiger partial charge in [0.05, 0.1) is 10.6 Å². The van der Waals surface area contributed by atoms with E-state index in [1.165, 1.54) is 25.7 Å². The molecule has 8 heteroatoms. The van der Waals surface area contributed by atoms with Crippen LogP contribution >= 0.6 is 11.6 Å². The Morgan fingerprint density at radius 1 is 0.857 bits per heavy atom. The third-order valence-corrected chi connectivity index (χ3v) is 9.75. The molecule has 4 aromatic rings. The number of benzene rings is 3. The summed E-state index contributed by atoms with van der Waals surface area (Å²) in [5, 5.41) is 0.963. The van der Waals surface area contributed by atoms with Crippen LogP contribution in [0.15, 0.2) is 54.6 Å². The number of anilines is 2. The molecular weight excluding hydrogens is 549 g/mol. The summed E-state index contributed by atoms with van der Waals surface area (Å²) >= 11 is 6.95. The van der Waals surface area contributed by atoms with E-state index in [1.807, 2.05) is 54.6 Å². The molecule has 7 rings (SSSR count). The minimum atomic E-state index is -0.453. The fourth-order valence-electron chi connectivity index (χ4n) is 7.27. The minimum Gasteiger partial charge on any atom is -0.461 e. The van der Waals surface area contributed by atoms with Gasteiger partial charge in [-0.15, -0.1) is 0 Å². The van der Waals surface area contributed by atoms with Crippen molar-refractivity contribution in [1.82, 2.24) is 14.9 Å². The second-order valence-corrected chi connectivity index (χ2v) is 12.5. The zero-order valence-electron chi connectivity index (χ0n) is 23.9. The second kappa shape index (κ2) is 11.3. The first-order chi connectivity index (χ1) is 20.5. The Kier molecular flexibility index (Phi) is 7.40. The molecule has 218 valence electrons. The van der Waals surface area contributed by atoms with Crippen LogP contribution in [-0.4, -0.2) is 53.2 Å². The summed E-state index contributed by atoms with van der Waals surface area (Å²) in [6, 6.07) is 17.4. The van der Waals surface area contributed by atoms with Crippen molar-refractivity contribution in [2.45, 2.75) is 56.9 Å². The van der Waals surface area contributed by atoms with Crippen molar-refractivity contribution in [2.24, 2.45) is 0 Å². The molecule has 3 aliphatic rings. The van der Waals surface area contributed by atoms with Crippen LogP contribution < -0.4 is 15.4 Å². The van der Waals surface area contributed by atoms with Crippen LogP contribution in [0.5, 0.6) is 6.01 Å². The number of nitrogen functional groups attached to an aromatic ring is 1. The topological polar surface area (TPSA) is 67.5 Å². The molecule has 3 fully saturated rings. The first-order valence-electron chi connectivity index (χ1n) is 15.3. The first kappa shape index (κ1) is 27.4. The normalized spacial score (nSPS) is 18.8. The van der Waals surface area contributed by atoms with Gasteiger partial charge in [-0.05, 0) is 86.5 Å². The smallest absolute Gasteiger partial charge is 0.319 e. The highest BCUT2D eigenvalue weighted by Gasteiger charge is 2.45. The number of nitrogens with two attached hydrogens (primary N) is 1. The molecule has 0 saturated carbocycles. The minimum absolute atomic E-state index is 0.0444. The van der Waals surface area contributed by atoms with Gasteiger partial charge in [-0.2, -0.15) is 9.97 Å². The van der Waals surface area contributed by atoms with Crippen LogP contribution in [0.1, 0.15) is 51.4 Å². The van der Waals surface area contributed by atoms with E-state index < -0.39 is 5.82 Å². The summed E-state index contributed by atoms with van der Waals surface area (Å²) in [6.07, 6.45) is 9.12. The van der Waals surface area contributed by atoms with Gasteiger partial charge in [0.1, 0.15) is 17.9 Å². The van der Waals surface area contributed by atoms with Crippen LogP contribution in [0.3, 0.4) is 0 Å². The molecule has 6 nitrogen and oxygen atoms in total. The standard InChI is InChI=1S/C34H37ClFN5O/c35-28-21-27-31(30(36)29(28)26-10-4-3-9-25(26)23-11-13-24(37)14-12-23)38-33(39-32(27)40-17-5-1-2-6-18-40)42-22-34-15-7-19-41(34)20-8-16-34/h3-4,9-14,21H,1-2,5-8,15-20,22,37H2. The third-order valence-electron chi connectivity index (χ3n) is 9.45. The van der Waals surface area contributed by atoms with Gasteiger partial charge in [-0.3, -0.25) is 4.90 Å². The number of rotatable bonds is 6. The maximum Gasteiger partial charge on any atom is 0.319 e. The maximum atomic E-state index is 16.9. The molecule has 3 aliphatic heterocycles. The number of nitrogens with zero attached hydrogens (tertiary/aromatic N) is 4. The predicted molar refractivity (Wildman–Crippen MR) is 169 cm³/mol. The number of aromatic nitrogens is 2. The highest BCUT2D eigenvalue weighted by atomic mass is 35.5. The van der Waals surface area contributed by atoms with Gasteiger partial charge in [0, 0.05) is 29.7 Å². The Morgan fingerprint density at radius 2 is 1.55 bits per heavy atom. The highest BCUT2D eigenvalue weighted by molar-refractivity contribution is 6.34. The van der Waals surface area contributed by atoms with Crippen molar-refractivity contribution in [3.05, 3.63) is 65.4 Å². The zero-order chi connectivity index (χ0) is 28.7. The monoisotopic (exact) mass is 585 g/mol. The Labute approximate surface area is 251 Å². The second-order valence-electron chi connectivity index (χ2n) is 12.0. The maximum absolute atomic E-state index is 16.9. The number of hydrogen-bond donors (Lipinski definition) is 1. The molecule has 0 bridgehead atoms. The van der Waals surface area contributed by atoms with Crippen LogP contribution in [-0.2, 0) is 0 Å². The summed E-state index contributed by atoms with van der Waals surface area (Å²) in [6.45, 7) is 4.49. The van der Waals surface area contributed by atoms with E-state index in [4.69, 9.17) is 32.0 Å². The van der Waals surface area contributed by atoms with Crippen LogP contribution in [0.2, 0.25) is 5.02 Å². The molecule has 42 heavy (non-hydrogen) atoms. The lowest BCUT2D eigenvalue weighted by Gasteiger charge is -2.31. The number of halogens is 2.